The molecule has 54 valence electrons. The molecule has 9 heavy (non-hydrogen) atoms. The Morgan fingerprint density at radius 1 is 1.56 bits per heavy atom. The molecular weight excluding hydrogens is 143 g/mol. The average Bonchev–Trinajstić information content (AvgIpc) is 1.80. The van der Waals surface area contributed by atoms with Crippen molar-refractivity contribution in [3.63, 3.8) is 0 Å². The summed E-state index contributed by atoms with van der Waals surface area (Å²) in [6.07, 6.45) is 0. The first-order chi connectivity index (χ1) is 4.27. The molecule has 0 rings (SSSR count). The molecule has 5 heteroatoms. The Kier molecular flexibility index (Phi) is 5.57. The highest BCUT2D eigenvalue weighted by Gasteiger charge is 1.89. The highest BCUT2D eigenvalue weighted by atomic mass is 31.1. The van der Waals surface area contributed by atoms with Crippen LogP contribution >= 0.6 is 8.69 Å². The number of rotatable bonds is 4. The molecule has 1 atom stereocenters. The van der Waals surface area contributed by atoms with Crippen LogP contribution in [0.15, 0.2) is 0 Å². The predicted molar refractivity (Wildman–Crippen MR) is 33.0 cm³/mol. The number of hydrogen-bond acceptors (Lipinski definition) is 4. The third-order valence-corrected chi connectivity index (χ3v) is 0.946. The Hall–Kier alpha value is -0.340. The zero-order valence-electron chi connectivity index (χ0n) is 5.12. The van der Waals surface area contributed by atoms with Crippen LogP contribution in [0.1, 0.15) is 6.92 Å². The van der Waals surface area contributed by atoms with E-state index in [0.717, 1.165) is 0 Å². The number of carbonyl (C=O) groups is 1. The van der Waals surface area contributed by atoms with Gasteiger partial charge in [0.25, 0.3) is 0 Å². The van der Waals surface area contributed by atoms with Crippen molar-refractivity contribution in [2.75, 3.05) is 13.2 Å². The van der Waals surface area contributed by atoms with Crippen molar-refractivity contribution in [2.24, 2.45) is 0 Å². The third-order valence-electron chi connectivity index (χ3n) is 0.575. The van der Waals surface area contributed by atoms with Gasteiger partial charge in [0.2, 0.25) is 0 Å². The molecule has 0 saturated heterocycles. The van der Waals surface area contributed by atoms with E-state index in [9.17, 15) is 9.36 Å². The van der Waals surface area contributed by atoms with Crippen LogP contribution in [0, 0.1) is 0 Å². The molecule has 0 aromatic carbocycles. The molecule has 1 unspecified atom stereocenters. The van der Waals surface area contributed by atoms with Crippen molar-refractivity contribution in [2.45, 2.75) is 6.92 Å². The van der Waals surface area contributed by atoms with Crippen molar-refractivity contribution in [3.8, 4) is 0 Å². The monoisotopic (exact) mass is 152 g/mol. The molecule has 0 saturated carbocycles. The minimum absolute atomic E-state index is 0.185. The molecule has 0 aliphatic carbocycles. The molecule has 0 bridgehead atoms. The van der Waals surface area contributed by atoms with Crippen LogP contribution in [0.3, 0.4) is 0 Å². The van der Waals surface area contributed by atoms with Crippen molar-refractivity contribution >= 4 is 14.7 Å². The quantitative estimate of drug-likeness (QED) is 0.329. The average molecular weight is 152 g/mol. The molecule has 0 aromatic rings. The van der Waals surface area contributed by atoms with Crippen LogP contribution < -0.4 is 0 Å². The van der Waals surface area contributed by atoms with Gasteiger partial charge >= 0.3 is 5.97 Å². The van der Waals surface area contributed by atoms with E-state index in [2.05, 4.69) is 9.26 Å². The Morgan fingerprint density at radius 3 is 2.67 bits per heavy atom. The molecule has 0 spiro atoms. The Balaban J connectivity index is 2.91. The lowest BCUT2D eigenvalue weighted by Gasteiger charge is -1.97. The second kappa shape index (κ2) is 5.79. The highest BCUT2D eigenvalue weighted by molar-refractivity contribution is 7.17. The molecule has 0 N–H and O–H groups in total. The molecule has 4 nitrogen and oxygen atoms in total. The van der Waals surface area contributed by atoms with Crippen LogP contribution in [0.5, 0.6) is 0 Å². The summed E-state index contributed by atoms with van der Waals surface area (Å²) in [5.41, 5.74) is 0. The molecule has 0 amide bonds. The summed E-state index contributed by atoms with van der Waals surface area (Å²) in [6, 6.07) is 0. The van der Waals surface area contributed by atoms with E-state index >= 15 is 0 Å². The van der Waals surface area contributed by atoms with Gasteiger partial charge in [-0.25, -0.2) is 0 Å². The topological polar surface area (TPSA) is 52.6 Å². The maximum absolute atomic E-state index is 10.1. The normalized spacial score (nSPS) is 10.3. The van der Waals surface area contributed by atoms with Crippen molar-refractivity contribution in [1.29, 1.82) is 0 Å². The zero-order chi connectivity index (χ0) is 7.11. The fourth-order valence-corrected chi connectivity index (χ4v) is 0.474. The van der Waals surface area contributed by atoms with Crippen LogP contribution in [0.2, 0.25) is 0 Å². The van der Waals surface area contributed by atoms with Gasteiger partial charge < -0.3 is 9.26 Å². The highest BCUT2D eigenvalue weighted by Crippen LogP contribution is 1.92. The second-order valence-corrected chi connectivity index (χ2v) is 1.83. The summed E-state index contributed by atoms with van der Waals surface area (Å²) in [4.78, 5) is 10.1. The molecule has 0 radical (unpaired) electrons. The molecule has 0 fully saturated rings. The largest absolute Gasteiger partial charge is 0.463 e. The summed E-state index contributed by atoms with van der Waals surface area (Å²) in [7, 11) is -1.18. The van der Waals surface area contributed by atoms with E-state index in [0.29, 0.717) is 0 Å². The smallest absolute Gasteiger partial charge is 0.302 e. The standard InChI is InChI=1S/C4H9O4P/c1-4(5)7-2-3-8-9-6/h2-3,9H2,1H3. The van der Waals surface area contributed by atoms with Gasteiger partial charge in [-0.2, -0.15) is 0 Å². The van der Waals surface area contributed by atoms with E-state index in [1.165, 1.54) is 6.92 Å². The number of esters is 1. The number of ether oxygens (including phenoxy) is 1. The predicted octanol–water partition coefficient (Wildman–Crippen LogP) is 0.237. The molecule has 0 aromatic heterocycles. The summed E-state index contributed by atoms with van der Waals surface area (Å²) < 4.78 is 18.6. The van der Waals surface area contributed by atoms with Gasteiger partial charge in [-0.3, -0.25) is 9.36 Å². The summed E-state index contributed by atoms with van der Waals surface area (Å²) in [5, 5.41) is 0. The summed E-state index contributed by atoms with van der Waals surface area (Å²) >= 11 is 0. The van der Waals surface area contributed by atoms with Gasteiger partial charge in [0.15, 0.2) is 8.69 Å². The molecule has 0 aliphatic rings. The summed E-state index contributed by atoms with van der Waals surface area (Å²) in [6.45, 7) is 1.72. The SMILES string of the molecule is CC(=O)OCCO[PH2]=O. The Bertz CT molecular complexity index is 103. The van der Waals surface area contributed by atoms with Crippen LogP contribution in [-0.2, 0) is 18.6 Å². The first-order valence-corrected chi connectivity index (χ1v) is 3.40. The first-order valence-electron chi connectivity index (χ1n) is 2.46. The lowest BCUT2D eigenvalue weighted by atomic mass is 10.7. The summed E-state index contributed by atoms with van der Waals surface area (Å²) in [5.74, 6) is -0.348. The first kappa shape index (κ1) is 8.66. The van der Waals surface area contributed by atoms with E-state index in [1.807, 2.05) is 0 Å². The van der Waals surface area contributed by atoms with E-state index in [-0.39, 0.29) is 19.2 Å². The van der Waals surface area contributed by atoms with E-state index in [1.54, 1.807) is 0 Å². The van der Waals surface area contributed by atoms with Crippen LogP contribution in [0.4, 0.5) is 0 Å². The fourth-order valence-electron chi connectivity index (χ4n) is 0.282. The molecular formula is C4H9O4P. The van der Waals surface area contributed by atoms with Gasteiger partial charge in [0, 0.05) is 6.92 Å². The van der Waals surface area contributed by atoms with Gasteiger partial charge in [-0.05, 0) is 0 Å². The maximum Gasteiger partial charge on any atom is 0.302 e. The van der Waals surface area contributed by atoms with Crippen molar-refractivity contribution in [1.82, 2.24) is 0 Å². The molecule has 0 heterocycles. The fraction of sp³-hybridized carbons (Fsp3) is 0.750. The van der Waals surface area contributed by atoms with Crippen LogP contribution in [0.25, 0.3) is 0 Å². The lowest BCUT2D eigenvalue weighted by Crippen LogP contribution is -2.03. The minimum atomic E-state index is -1.18. The number of hydrogen-bond donors (Lipinski definition) is 0. The molecule has 0 aliphatic heterocycles. The van der Waals surface area contributed by atoms with E-state index in [4.69, 9.17) is 0 Å². The van der Waals surface area contributed by atoms with Gasteiger partial charge in [-0.15, -0.1) is 0 Å². The third kappa shape index (κ3) is 7.66. The van der Waals surface area contributed by atoms with Gasteiger partial charge in [0.05, 0.1) is 6.61 Å². The zero-order valence-corrected chi connectivity index (χ0v) is 6.28. The minimum Gasteiger partial charge on any atom is -0.463 e. The van der Waals surface area contributed by atoms with Gasteiger partial charge in [-0.1, -0.05) is 0 Å². The van der Waals surface area contributed by atoms with E-state index < -0.39 is 8.69 Å². The van der Waals surface area contributed by atoms with Crippen molar-refractivity contribution < 1.29 is 18.6 Å². The Morgan fingerprint density at radius 2 is 2.22 bits per heavy atom. The van der Waals surface area contributed by atoms with Crippen LogP contribution in [-0.4, -0.2) is 19.2 Å². The van der Waals surface area contributed by atoms with Crippen molar-refractivity contribution in [3.05, 3.63) is 0 Å². The lowest BCUT2D eigenvalue weighted by molar-refractivity contribution is -0.141. The maximum atomic E-state index is 10.1. The van der Waals surface area contributed by atoms with Gasteiger partial charge in [0.1, 0.15) is 6.61 Å². The Labute approximate surface area is 54.4 Å². The second-order valence-electron chi connectivity index (χ2n) is 1.31. The number of carbonyl (C=O) groups excluding carboxylic acids is 1.